The van der Waals surface area contributed by atoms with Crippen molar-refractivity contribution in [1.82, 2.24) is 10.6 Å². The highest BCUT2D eigenvalue weighted by molar-refractivity contribution is 5.96. The zero-order chi connectivity index (χ0) is 20.5. The van der Waals surface area contributed by atoms with Crippen molar-refractivity contribution >= 4 is 29.1 Å². The van der Waals surface area contributed by atoms with Gasteiger partial charge in [0.1, 0.15) is 6.04 Å². The summed E-state index contributed by atoms with van der Waals surface area (Å²) in [6.45, 7) is 1.01. The Balaban J connectivity index is 1.90. The highest BCUT2D eigenvalue weighted by Crippen LogP contribution is 2.15. The highest BCUT2D eigenvalue weighted by atomic mass is 16.6. The van der Waals surface area contributed by atoms with E-state index < -0.39 is 22.8 Å². The van der Waals surface area contributed by atoms with E-state index in [0.29, 0.717) is 5.69 Å². The smallest absolute Gasteiger partial charge is 0.269 e. The maximum absolute atomic E-state index is 12.4. The van der Waals surface area contributed by atoms with E-state index in [-0.39, 0.29) is 24.6 Å². The molecule has 0 aliphatic carbocycles. The molecule has 3 amide bonds. The Morgan fingerprint density at radius 3 is 2.25 bits per heavy atom. The van der Waals surface area contributed by atoms with Gasteiger partial charge in [0.2, 0.25) is 17.7 Å². The van der Waals surface area contributed by atoms with Gasteiger partial charge in [0.25, 0.3) is 5.69 Å². The van der Waals surface area contributed by atoms with Crippen LogP contribution in [0.5, 0.6) is 0 Å². The van der Waals surface area contributed by atoms with Crippen molar-refractivity contribution in [3.05, 3.63) is 70.3 Å². The van der Waals surface area contributed by atoms with Crippen molar-refractivity contribution in [3.8, 4) is 0 Å². The summed E-state index contributed by atoms with van der Waals surface area (Å²) in [7, 11) is 0. The normalized spacial score (nSPS) is 11.2. The van der Waals surface area contributed by atoms with Crippen LogP contribution in [-0.2, 0) is 20.8 Å². The van der Waals surface area contributed by atoms with Crippen LogP contribution >= 0.6 is 0 Å². The summed E-state index contributed by atoms with van der Waals surface area (Å²) in [6, 6.07) is 13.7. The largest absolute Gasteiger partial charge is 0.345 e. The SMILES string of the molecule is CC(=O)N[C@@H](Cc1ccccc1)C(=O)NCC(=O)Nc1ccc([N+](=O)[O-])cc1. The van der Waals surface area contributed by atoms with Crippen molar-refractivity contribution in [2.75, 3.05) is 11.9 Å². The Bertz CT molecular complexity index is 852. The molecule has 0 bridgehead atoms. The minimum atomic E-state index is -0.813. The van der Waals surface area contributed by atoms with E-state index in [4.69, 9.17) is 0 Å². The molecule has 9 heteroatoms. The standard InChI is InChI=1S/C19H20N4O5/c1-13(24)21-17(11-14-5-3-2-4-6-14)19(26)20-12-18(25)22-15-7-9-16(10-8-15)23(27)28/h2-10,17H,11-12H2,1H3,(H,20,26)(H,21,24)(H,22,25)/t17-/m0/s1. The van der Waals surface area contributed by atoms with Gasteiger partial charge in [-0.1, -0.05) is 30.3 Å². The fraction of sp³-hybridized carbons (Fsp3) is 0.211. The van der Waals surface area contributed by atoms with Gasteiger partial charge in [-0.15, -0.1) is 0 Å². The van der Waals surface area contributed by atoms with Gasteiger partial charge in [0, 0.05) is 31.2 Å². The van der Waals surface area contributed by atoms with Gasteiger partial charge in [-0.3, -0.25) is 24.5 Å². The van der Waals surface area contributed by atoms with Crippen LogP contribution in [-0.4, -0.2) is 35.2 Å². The van der Waals surface area contributed by atoms with Crippen LogP contribution < -0.4 is 16.0 Å². The Morgan fingerprint density at radius 1 is 1.04 bits per heavy atom. The molecule has 0 aliphatic rings. The van der Waals surface area contributed by atoms with Crippen LogP contribution in [0.25, 0.3) is 0 Å². The summed E-state index contributed by atoms with van der Waals surface area (Å²) in [6.07, 6.45) is 0.288. The lowest BCUT2D eigenvalue weighted by Gasteiger charge is -2.17. The Hall–Kier alpha value is -3.75. The van der Waals surface area contributed by atoms with Gasteiger partial charge in [0.15, 0.2) is 0 Å². The molecule has 146 valence electrons. The predicted molar refractivity (Wildman–Crippen MR) is 102 cm³/mol. The molecule has 2 aromatic rings. The molecule has 0 aromatic heterocycles. The molecule has 0 fully saturated rings. The zero-order valence-corrected chi connectivity index (χ0v) is 15.2. The van der Waals surface area contributed by atoms with Crippen LogP contribution in [0.3, 0.4) is 0 Å². The number of hydrogen-bond donors (Lipinski definition) is 3. The number of non-ortho nitro benzene ring substituents is 1. The summed E-state index contributed by atoms with van der Waals surface area (Å²) in [5, 5.41) is 18.2. The van der Waals surface area contributed by atoms with Crippen molar-refractivity contribution in [2.24, 2.45) is 0 Å². The van der Waals surface area contributed by atoms with E-state index in [1.54, 1.807) is 0 Å². The summed E-state index contributed by atoms with van der Waals surface area (Å²) in [5.74, 6) is -1.34. The molecule has 2 rings (SSSR count). The number of nitro benzene ring substituents is 1. The van der Waals surface area contributed by atoms with Crippen LogP contribution in [0.4, 0.5) is 11.4 Å². The number of amides is 3. The number of nitro groups is 1. The van der Waals surface area contributed by atoms with Gasteiger partial charge in [0.05, 0.1) is 11.5 Å². The van der Waals surface area contributed by atoms with Gasteiger partial charge in [-0.2, -0.15) is 0 Å². The molecule has 0 unspecified atom stereocenters. The second-order valence-corrected chi connectivity index (χ2v) is 6.01. The lowest BCUT2D eigenvalue weighted by atomic mass is 10.1. The van der Waals surface area contributed by atoms with Crippen LogP contribution in [0.2, 0.25) is 0 Å². The fourth-order valence-corrected chi connectivity index (χ4v) is 2.47. The zero-order valence-electron chi connectivity index (χ0n) is 15.2. The Morgan fingerprint density at radius 2 is 1.68 bits per heavy atom. The molecule has 1 atom stereocenters. The van der Waals surface area contributed by atoms with E-state index in [2.05, 4.69) is 16.0 Å². The molecule has 28 heavy (non-hydrogen) atoms. The molecule has 3 N–H and O–H groups in total. The minimum absolute atomic E-state index is 0.0923. The van der Waals surface area contributed by atoms with Gasteiger partial charge in [-0.25, -0.2) is 0 Å². The Labute approximate surface area is 161 Å². The quantitative estimate of drug-likeness (QED) is 0.468. The number of nitrogens with one attached hydrogen (secondary N) is 3. The lowest BCUT2D eigenvalue weighted by molar-refractivity contribution is -0.384. The van der Waals surface area contributed by atoms with Gasteiger partial charge >= 0.3 is 0 Å². The molecular formula is C19H20N4O5. The summed E-state index contributed by atoms with van der Waals surface area (Å²) in [4.78, 5) is 45.8. The van der Waals surface area contributed by atoms with Gasteiger partial charge in [-0.05, 0) is 17.7 Å². The third kappa shape index (κ3) is 6.52. The van der Waals surface area contributed by atoms with E-state index >= 15 is 0 Å². The molecule has 9 nitrogen and oxygen atoms in total. The van der Waals surface area contributed by atoms with Crippen LogP contribution in [0, 0.1) is 10.1 Å². The maximum atomic E-state index is 12.4. The number of rotatable bonds is 8. The maximum Gasteiger partial charge on any atom is 0.269 e. The summed E-state index contributed by atoms with van der Waals surface area (Å²) in [5.41, 5.74) is 1.14. The Kier molecular flexibility index (Phi) is 7.21. The summed E-state index contributed by atoms with van der Waals surface area (Å²) < 4.78 is 0. The van der Waals surface area contributed by atoms with Crippen molar-refractivity contribution in [2.45, 2.75) is 19.4 Å². The number of anilines is 1. The summed E-state index contributed by atoms with van der Waals surface area (Å²) >= 11 is 0. The van der Waals surface area contributed by atoms with Crippen LogP contribution in [0.15, 0.2) is 54.6 Å². The monoisotopic (exact) mass is 384 g/mol. The van der Waals surface area contributed by atoms with Gasteiger partial charge < -0.3 is 16.0 Å². The number of hydrogen-bond acceptors (Lipinski definition) is 5. The molecule has 0 radical (unpaired) electrons. The molecule has 0 aliphatic heterocycles. The molecule has 0 spiro atoms. The topological polar surface area (TPSA) is 130 Å². The molecule has 0 saturated carbocycles. The van der Waals surface area contributed by atoms with E-state index in [9.17, 15) is 24.5 Å². The van der Waals surface area contributed by atoms with Crippen molar-refractivity contribution < 1.29 is 19.3 Å². The van der Waals surface area contributed by atoms with Crippen molar-refractivity contribution in [1.29, 1.82) is 0 Å². The van der Waals surface area contributed by atoms with E-state index in [1.807, 2.05) is 30.3 Å². The third-order valence-electron chi connectivity index (χ3n) is 3.76. The molecule has 0 saturated heterocycles. The first-order valence-electron chi connectivity index (χ1n) is 8.48. The second kappa shape index (κ2) is 9.81. The average Bonchev–Trinajstić information content (AvgIpc) is 2.66. The first-order chi connectivity index (χ1) is 13.3. The molecule has 2 aromatic carbocycles. The first kappa shape index (κ1) is 20.6. The number of nitrogens with zero attached hydrogens (tertiary/aromatic N) is 1. The number of benzene rings is 2. The lowest BCUT2D eigenvalue weighted by Crippen LogP contribution is -2.49. The fourth-order valence-electron chi connectivity index (χ4n) is 2.47. The number of carbonyl (C=O) groups is 3. The molecular weight excluding hydrogens is 364 g/mol. The highest BCUT2D eigenvalue weighted by Gasteiger charge is 2.20. The minimum Gasteiger partial charge on any atom is -0.345 e. The van der Waals surface area contributed by atoms with Crippen LogP contribution in [0.1, 0.15) is 12.5 Å². The first-order valence-corrected chi connectivity index (χ1v) is 8.48. The predicted octanol–water partition coefficient (Wildman–Crippen LogP) is 1.40. The van der Waals surface area contributed by atoms with Crippen molar-refractivity contribution in [3.63, 3.8) is 0 Å². The average molecular weight is 384 g/mol. The van der Waals surface area contributed by atoms with E-state index in [0.717, 1.165) is 5.56 Å². The molecule has 0 heterocycles. The van der Waals surface area contributed by atoms with E-state index in [1.165, 1.54) is 31.2 Å². The third-order valence-corrected chi connectivity index (χ3v) is 3.76. The number of carbonyl (C=O) groups excluding carboxylic acids is 3. The second-order valence-electron chi connectivity index (χ2n) is 6.01.